The van der Waals surface area contributed by atoms with Crippen LogP contribution in [0.3, 0.4) is 0 Å². The fraction of sp³-hybridized carbons (Fsp3) is 0.235. The molecule has 106 valence electrons. The van der Waals surface area contributed by atoms with Gasteiger partial charge < -0.3 is 10.3 Å². The molecule has 1 aliphatic rings. The zero-order valence-corrected chi connectivity index (χ0v) is 11.8. The Labute approximate surface area is 122 Å². The molecule has 3 aromatic rings. The molecule has 1 fully saturated rings. The molecule has 4 rings (SSSR count). The molecular weight excluding hydrogens is 265 g/mol. The van der Waals surface area contributed by atoms with E-state index in [2.05, 4.69) is 9.55 Å². The Balaban J connectivity index is 2.03. The zero-order valence-electron chi connectivity index (χ0n) is 11.8. The summed E-state index contributed by atoms with van der Waals surface area (Å²) < 4.78 is 15.7. The Kier molecular flexibility index (Phi) is 2.55. The first kappa shape index (κ1) is 12.4. The molecule has 0 aliphatic heterocycles. The Bertz CT molecular complexity index is 847. The van der Waals surface area contributed by atoms with Crippen LogP contribution in [0, 0.1) is 12.7 Å². The third-order valence-corrected chi connectivity index (χ3v) is 4.07. The van der Waals surface area contributed by atoms with Gasteiger partial charge in [0.1, 0.15) is 11.6 Å². The Morgan fingerprint density at radius 2 is 2.00 bits per heavy atom. The van der Waals surface area contributed by atoms with Crippen LogP contribution in [-0.4, -0.2) is 9.55 Å². The Hall–Kier alpha value is -2.36. The number of nitrogen functional groups attached to an aromatic ring is 1. The van der Waals surface area contributed by atoms with Crippen molar-refractivity contribution in [1.29, 1.82) is 0 Å². The van der Waals surface area contributed by atoms with Crippen LogP contribution in [-0.2, 0) is 0 Å². The van der Waals surface area contributed by atoms with Gasteiger partial charge in [-0.05, 0) is 49.6 Å². The molecule has 0 atom stereocenters. The van der Waals surface area contributed by atoms with Crippen molar-refractivity contribution in [3.05, 3.63) is 47.8 Å². The van der Waals surface area contributed by atoms with Gasteiger partial charge in [0.15, 0.2) is 0 Å². The summed E-state index contributed by atoms with van der Waals surface area (Å²) in [6, 6.07) is 11.1. The number of hydrogen-bond donors (Lipinski definition) is 1. The van der Waals surface area contributed by atoms with Crippen molar-refractivity contribution in [2.24, 2.45) is 0 Å². The number of fused-ring (bicyclic) bond motifs is 1. The van der Waals surface area contributed by atoms with Crippen molar-refractivity contribution in [3.8, 4) is 11.4 Å². The predicted octanol–water partition coefficient (Wildman–Crippen LogP) is 4.07. The van der Waals surface area contributed by atoms with Crippen LogP contribution in [0.15, 0.2) is 36.4 Å². The molecule has 1 saturated carbocycles. The number of benzene rings is 2. The van der Waals surface area contributed by atoms with Gasteiger partial charge in [-0.2, -0.15) is 0 Å². The molecule has 1 aromatic heterocycles. The van der Waals surface area contributed by atoms with E-state index < -0.39 is 0 Å². The average Bonchev–Trinajstić information content (AvgIpc) is 3.22. The van der Waals surface area contributed by atoms with Gasteiger partial charge in [-0.1, -0.05) is 6.07 Å². The summed E-state index contributed by atoms with van der Waals surface area (Å²) in [7, 11) is 0. The lowest BCUT2D eigenvalue weighted by molar-refractivity contribution is 0.629. The van der Waals surface area contributed by atoms with Gasteiger partial charge in [0.2, 0.25) is 0 Å². The lowest BCUT2D eigenvalue weighted by Gasteiger charge is -2.10. The van der Waals surface area contributed by atoms with Crippen molar-refractivity contribution < 1.29 is 4.39 Å². The van der Waals surface area contributed by atoms with Crippen LogP contribution in [0.4, 0.5) is 10.1 Å². The van der Waals surface area contributed by atoms with E-state index in [0.29, 0.717) is 11.6 Å². The number of anilines is 1. The molecule has 4 heteroatoms. The number of hydrogen-bond acceptors (Lipinski definition) is 2. The highest BCUT2D eigenvalue weighted by molar-refractivity contribution is 5.82. The molecule has 2 N–H and O–H groups in total. The number of nitrogens with two attached hydrogens (primary N) is 1. The fourth-order valence-corrected chi connectivity index (χ4v) is 2.84. The number of aryl methyl sites for hydroxylation is 1. The molecule has 1 aliphatic carbocycles. The van der Waals surface area contributed by atoms with Gasteiger partial charge in [0.25, 0.3) is 0 Å². The molecule has 0 bridgehead atoms. The van der Waals surface area contributed by atoms with E-state index in [0.717, 1.165) is 41.0 Å². The molecule has 0 saturated heterocycles. The molecule has 3 nitrogen and oxygen atoms in total. The van der Waals surface area contributed by atoms with Crippen molar-refractivity contribution in [2.75, 3.05) is 5.73 Å². The van der Waals surface area contributed by atoms with Gasteiger partial charge in [-0.15, -0.1) is 0 Å². The van der Waals surface area contributed by atoms with Gasteiger partial charge in [0.05, 0.1) is 11.0 Å². The third kappa shape index (κ3) is 1.98. The van der Waals surface area contributed by atoms with Gasteiger partial charge in [-0.25, -0.2) is 9.37 Å². The van der Waals surface area contributed by atoms with Gasteiger partial charge in [-0.3, -0.25) is 0 Å². The first-order valence-corrected chi connectivity index (χ1v) is 7.17. The molecule has 0 spiro atoms. The Morgan fingerprint density at radius 3 is 2.76 bits per heavy atom. The number of imidazole rings is 1. The minimum atomic E-state index is -0.251. The summed E-state index contributed by atoms with van der Waals surface area (Å²) in [6.07, 6.45) is 2.30. The SMILES string of the molecule is Cc1ccc(N)cc1-c1nc2cc(F)ccc2n1C1CC1. The standard InChI is InChI=1S/C17H16FN3/c1-10-2-4-12(19)9-14(10)17-20-15-8-11(18)3-7-16(15)21(17)13-5-6-13/h2-4,7-9,13H,5-6,19H2,1H3. The van der Waals surface area contributed by atoms with Crippen LogP contribution in [0.5, 0.6) is 0 Å². The summed E-state index contributed by atoms with van der Waals surface area (Å²) in [5.74, 6) is 0.640. The van der Waals surface area contributed by atoms with Crippen LogP contribution >= 0.6 is 0 Å². The summed E-state index contributed by atoms with van der Waals surface area (Å²) >= 11 is 0. The molecule has 21 heavy (non-hydrogen) atoms. The van der Waals surface area contributed by atoms with Crippen LogP contribution in [0.1, 0.15) is 24.4 Å². The van der Waals surface area contributed by atoms with E-state index in [4.69, 9.17) is 5.73 Å². The van der Waals surface area contributed by atoms with E-state index in [1.54, 1.807) is 0 Å². The van der Waals surface area contributed by atoms with E-state index >= 15 is 0 Å². The summed E-state index contributed by atoms with van der Waals surface area (Å²) in [6.45, 7) is 2.05. The van der Waals surface area contributed by atoms with Crippen LogP contribution < -0.4 is 5.73 Å². The van der Waals surface area contributed by atoms with Crippen LogP contribution in [0.25, 0.3) is 22.4 Å². The first-order chi connectivity index (χ1) is 10.1. The summed E-state index contributed by atoms with van der Waals surface area (Å²) in [5, 5.41) is 0. The maximum atomic E-state index is 13.5. The first-order valence-electron chi connectivity index (χ1n) is 7.17. The van der Waals surface area contributed by atoms with Crippen molar-refractivity contribution in [2.45, 2.75) is 25.8 Å². The van der Waals surface area contributed by atoms with Crippen molar-refractivity contribution in [3.63, 3.8) is 0 Å². The number of halogens is 1. The maximum Gasteiger partial charge on any atom is 0.141 e. The fourth-order valence-electron chi connectivity index (χ4n) is 2.84. The monoisotopic (exact) mass is 281 g/mol. The average molecular weight is 281 g/mol. The highest BCUT2D eigenvalue weighted by Gasteiger charge is 2.29. The lowest BCUT2D eigenvalue weighted by Crippen LogP contribution is -1.99. The van der Waals surface area contributed by atoms with E-state index in [1.165, 1.54) is 12.1 Å². The van der Waals surface area contributed by atoms with E-state index in [9.17, 15) is 4.39 Å². The van der Waals surface area contributed by atoms with E-state index in [-0.39, 0.29) is 5.82 Å². The Morgan fingerprint density at radius 1 is 1.19 bits per heavy atom. The summed E-state index contributed by atoms with van der Waals surface area (Å²) in [4.78, 5) is 4.67. The maximum absolute atomic E-state index is 13.5. The second-order valence-electron chi connectivity index (χ2n) is 5.74. The molecule has 1 heterocycles. The van der Waals surface area contributed by atoms with Crippen molar-refractivity contribution in [1.82, 2.24) is 9.55 Å². The molecular formula is C17H16FN3. The normalized spacial score (nSPS) is 14.8. The minimum absolute atomic E-state index is 0.251. The van der Waals surface area contributed by atoms with E-state index in [1.807, 2.05) is 31.2 Å². The lowest BCUT2D eigenvalue weighted by atomic mass is 10.1. The quantitative estimate of drug-likeness (QED) is 0.720. The largest absolute Gasteiger partial charge is 0.399 e. The smallest absolute Gasteiger partial charge is 0.141 e. The second-order valence-corrected chi connectivity index (χ2v) is 5.74. The number of aromatic nitrogens is 2. The molecule has 2 aromatic carbocycles. The third-order valence-electron chi connectivity index (χ3n) is 4.07. The second kappa shape index (κ2) is 4.32. The molecule has 0 amide bonds. The highest BCUT2D eigenvalue weighted by Crippen LogP contribution is 2.42. The van der Waals surface area contributed by atoms with Gasteiger partial charge >= 0.3 is 0 Å². The predicted molar refractivity (Wildman–Crippen MR) is 82.5 cm³/mol. The zero-order chi connectivity index (χ0) is 14.6. The molecule has 0 unspecified atom stereocenters. The number of nitrogens with zero attached hydrogens (tertiary/aromatic N) is 2. The molecule has 0 radical (unpaired) electrons. The summed E-state index contributed by atoms with van der Waals surface area (Å²) in [5.41, 5.74) is 10.5. The van der Waals surface area contributed by atoms with Gasteiger partial charge in [0, 0.05) is 23.4 Å². The van der Waals surface area contributed by atoms with Crippen molar-refractivity contribution >= 4 is 16.7 Å². The topological polar surface area (TPSA) is 43.8 Å². The number of rotatable bonds is 2. The highest BCUT2D eigenvalue weighted by atomic mass is 19.1. The minimum Gasteiger partial charge on any atom is -0.399 e. The van der Waals surface area contributed by atoms with Crippen LogP contribution in [0.2, 0.25) is 0 Å².